The lowest BCUT2D eigenvalue weighted by Crippen LogP contribution is -1.96. The standard InChI is InChI=1S/C16H11Cl3N2/c1-8-3-6-12(18)13-14(8)20-16(21-15(13)19)11-5-4-10(17)7-9(11)2/h3-7H,1-2H3. The van der Waals surface area contributed by atoms with Crippen molar-refractivity contribution < 1.29 is 0 Å². The van der Waals surface area contributed by atoms with E-state index in [2.05, 4.69) is 9.97 Å². The van der Waals surface area contributed by atoms with Crippen molar-refractivity contribution in [1.29, 1.82) is 0 Å². The molecule has 0 aliphatic carbocycles. The molecule has 1 heterocycles. The van der Waals surface area contributed by atoms with Gasteiger partial charge in [-0.1, -0.05) is 40.9 Å². The van der Waals surface area contributed by atoms with Crippen molar-refractivity contribution in [2.75, 3.05) is 0 Å². The van der Waals surface area contributed by atoms with E-state index in [4.69, 9.17) is 34.8 Å². The fraction of sp³-hybridized carbons (Fsp3) is 0.125. The van der Waals surface area contributed by atoms with Crippen molar-refractivity contribution >= 4 is 45.7 Å². The summed E-state index contributed by atoms with van der Waals surface area (Å²) >= 11 is 18.5. The number of aryl methyl sites for hydroxylation is 2. The Labute approximate surface area is 137 Å². The fourth-order valence-electron chi connectivity index (χ4n) is 2.29. The quantitative estimate of drug-likeness (QED) is 0.519. The molecule has 3 rings (SSSR count). The van der Waals surface area contributed by atoms with Crippen LogP contribution < -0.4 is 0 Å². The molecule has 0 atom stereocenters. The van der Waals surface area contributed by atoms with Gasteiger partial charge in [0.1, 0.15) is 5.15 Å². The third-order valence-electron chi connectivity index (χ3n) is 3.39. The van der Waals surface area contributed by atoms with Gasteiger partial charge in [-0.3, -0.25) is 0 Å². The van der Waals surface area contributed by atoms with Crippen molar-refractivity contribution in [2.24, 2.45) is 0 Å². The summed E-state index contributed by atoms with van der Waals surface area (Å²) in [6, 6.07) is 9.32. The molecule has 0 bridgehead atoms. The first kappa shape index (κ1) is 14.6. The van der Waals surface area contributed by atoms with Gasteiger partial charge in [0.05, 0.1) is 15.9 Å². The molecule has 3 aromatic rings. The van der Waals surface area contributed by atoms with E-state index in [9.17, 15) is 0 Å². The molecular formula is C16H11Cl3N2. The number of fused-ring (bicyclic) bond motifs is 1. The third kappa shape index (κ3) is 2.59. The van der Waals surface area contributed by atoms with Gasteiger partial charge in [0, 0.05) is 10.6 Å². The minimum Gasteiger partial charge on any atom is -0.228 e. The number of hydrogen-bond acceptors (Lipinski definition) is 2. The summed E-state index contributed by atoms with van der Waals surface area (Å²) in [5.74, 6) is 0.576. The average molecular weight is 338 g/mol. The predicted octanol–water partition coefficient (Wildman–Crippen LogP) is 5.87. The summed E-state index contributed by atoms with van der Waals surface area (Å²) < 4.78 is 0. The maximum Gasteiger partial charge on any atom is 0.161 e. The highest BCUT2D eigenvalue weighted by Gasteiger charge is 2.14. The molecule has 0 fully saturated rings. The van der Waals surface area contributed by atoms with Gasteiger partial charge in [0.25, 0.3) is 0 Å². The van der Waals surface area contributed by atoms with Gasteiger partial charge in [0.15, 0.2) is 5.82 Å². The summed E-state index contributed by atoms with van der Waals surface area (Å²) in [5, 5.41) is 2.29. The van der Waals surface area contributed by atoms with Crippen LogP contribution in [0.25, 0.3) is 22.3 Å². The molecule has 0 saturated carbocycles. The zero-order valence-corrected chi connectivity index (χ0v) is 13.7. The Morgan fingerprint density at radius 2 is 1.62 bits per heavy atom. The van der Waals surface area contributed by atoms with Gasteiger partial charge in [-0.2, -0.15) is 0 Å². The Bertz CT molecular complexity index is 860. The molecule has 0 radical (unpaired) electrons. The second-order valence-corrected chi connectivity index (χ2v) is 6.09. The SMILES string of the molecule is Cc1cc(Cl)ccc1-c1nc(Cl)c2c(Cl)ccc(C)c2n1. The van der Waals surface area contributed by atoms with Crippen LogP contribution in [0.3, 0.4) is 0 Å². The number of aromatic nitrogens is 2. The Morgan fingerprint density at radius 3 is 2.33 bits per heavy atom. The van der Waals surface area contributed by atoms with Crippen LogP contribution in [0.5, 0.6) is 0 Å². The molecule has 5 heteroatoms. The third-order valence-corrected chi connectivity index (χ3v) is 4.21. The molecule has 2 nitrogen and oxygen atoms in total. The van der Waals surface area contributed by atoms with Crippen LogP contribution in [-0.2, 0) is 0 Å². The number of benzene rings is 2. The molecule has 1 aromatic heterocycles. The minimum atomic E-state index is 0.359. The van der Waals surface area contributed by atoms with Gasteiger partial charge in [-0.25, -0.2) is 9.97 Å². The average Bonchev–Trinajstić information content (AvgIpc) is 2.42. The van der Waals surface area contributed by atoms with E-state index in [0.717, 1.165) is 22.2 Å². The number of halogens is 3. The highest BCUT2D eigenvalue weighted by molar-refractivity contribution is 6.41. The highest BCUT2D eigenvalue weighted by atomic mass is 35.5. The summed E-state index contributed by atoms with van der Waals surface area (Å²) in [7, 11) is 0. The van der Waals surface area contributed by atoms with Crippen LogP contribution in [-0.4, -0.2) is 9.97 Å². The topological polar surface area (TPSA) is 25.8 Å². The molecule has 106 valence electrons. The van der Waals surface area contributed by atoms with Crippen molar-refractivity contribution in [1.82, 2.24) is 9.97 Å². The van der Waals surface area contributed by atoms with Crippen molar-refractivity contribution in [3.05, 3.63) is 56.7 Å². The van der Waals surface area contributed by atoms with Gasteiger partial charge >= 0.3 is 0 Å². The largest absolute Gasteiger partial charge is 0.228 e. The molecule has 0 amide bonds. The number of nitrogens with zero attached hydrogens (tertiary/aromatic N) is 2. The molecular weight excluding hydrogens is 327 g/mol. The zero-order chi connectivity index (χ0) is 15.1. The van der Waals surface area contributed by atoms with E-state index in [1.165, 1.54) is 0 Å². The lowest BCUT2D eigenvalue weighted by atomic mass is 10.1. The van der Waals surface area contributed by atoms with Crippen LogP contribution in [0.2, 0.25) is 15.2 Å². The minimum absolute atomic E-state index is 0.359. The van der Waals surface area contributed by atoms with E-state index in [0.29, 0.717) is 26.4 Å². The normalized spacial score (nSPS) is 11.1. The molecule has 0 N–H and O–H groups in total. The number of hydrogen-bond donors (Lipinski definition) is 0. The maximum atomic E-state index is 6.31. The van der Waals surface area contributed by atoms with Crippen LogP contribution in [0.1, 0.15) is 11.1 Å². The smallest absolute Gasteiger partial charge is 0.161 e. The van der Waals surface area contributed by atoms with E-state index < -0.39 is 0 Å². The van der Waals surface area contributed by atoms with E-state index in [1.54, 1.807) is 0 Å². The molecule has 0 spiro atoms. The Morgan fingerprint density at radius 1 is 0.857 bits per heavy atom. The lowest BCUT2D eigenvalue weighted by molar-refractivity contribution is 1.21. The zero-order valence-electron chi connectivity index (χ0n) is 11.4. The predicted molar refractivity (Wildman–Crippen MR) is 89.5 cm³/mol. The van der Waals surface area contributed by atoms with Crippen LogP contribution in [0.4, 0.5) is 0 Å². The van der Waals surface area contributed by atoms with E-state index in [1.807, 2.05) is 44.2 Å². The van der Waals surface area contributed by atoms with E-state index in [-0.39, 0.29) is 0 Å². The first-order chi connectivity index (χ1) is 9.97. The first-order valence-corrected chi connectivity index (χ1v) is 7.49. The lowest BCUT2D eigenvalue weighted by Gasteiger charge is -2.10. The van der Waals surface area contributed by atoms with Crippen molar-refractivity contribution in [3.8, 4) is 11.4 Å². The van der Waals surface area contributed by atoms with Gasteiger partial charge in [-0.05, 0) is 49.2 Å². The van der Waals surface area contributed by atoms with Crippen LogP contribution in [0.15, 0.2) is 30.3 Å². The van der Waals surface area contributed by atoms with Crippen molar-refractivity contribution in [2.45, 2.75) is 13.8 Å². The summed E-state index contributed by atoms with van der Waals surface area (Å²) in [4.78, 5) is 9.02. The van der Waals surface area contributed by atoms with Crippen molar-refractivity contribution in [3.63, 3.8) is 0 Å². The second kappa shape index (κ2) is 5.45. The van der Waals surface area contributed by atoms with Crippen LogP contribution in [0, 0.1) is 13.8 Å². The second-order valence-electron chi connectivity index (χ2n) is 4.89. The van der Waals surface area contributed by atoms with Gasteiger partial charge in [-0.15, -0.1) is 0 Å². The first-order valence-electron chi connectivity index (χ1n) is 6.36. The Kier molecular flexibility index (Phi) is 3.78. The molecule has 2 aromatic carbocycles. The fourth-order valence-corrected chi connectivity index (χ4v) is 3.08. The highest BCUT2D eigenvalue weighted by Crippen LogP contribution is 2.33. The molecule has 0 unspecified atom stereocenters. The molecule has 0 saturated heterocycles. The van der Waals surface area contributed by atoms with Gasteiger partial charge in [0.2, 0.25) is 0 Å². The molecule has 0 aliphatic heterocycles. The van der Waals surface area contributed by atoms with Crippen LogP contribution >= 0.6 is 34.8 Å². The Hall–Kier alpha value is -1.35. The maximum absolute atomic E-state index is 6.31. The van der Waals surface area contributed by atoms with E-state index >= 15 is 0 Å². The Balaban J connectivity index is 2.33. The monoisotopic (exact) mass is 336 g/mol. The summed E-state index contributed by atoms with van der Waals surface area (Å²) in [6.07, 6.45) is 0. The molecule has 0 aliphatic rings. The van der Waals surface area contributed by atoms with Gasteiger partial charge < -0.3 is 0 Å². The number of rotatable bonds is 1. The molecule has 21 heavy (non-hydrogen) atoms. The summed E-state index contributed by atoms with van der Waals surface area (Å²) in [5.41, 5.74) is 3.68. The summed E-state index contributed by atoms with van der Waals surface area (Å²) in [6.45, 7) is 3.94.